The van der Waals surface area contributed by atoms with Crippen molar-refractivity contribution in [2.24, 2.45) is 0 Å². The van der Waals surface area contributed by atoms with Gasteiger partial charge in [0.25, 0.3) is 5.56 Å². The molecule has 0 aliphatic heterocycles. The predicted octanol–water partition coefficient (Wildman–Crippen LogP) is 4.49. The van der Waals surface area contributed by atoms with E-state index in [0.717, 1.165) is 32.1 Å². The summed E-state index contributed by atoms with van der Waals surface area (Å²) in [6.45, 7) is 2.47. The van der Waals surface area contributed by atoms with Crippen molar-refractivity contribution >= 4 is 21.6 Å². The topological polar surface area (TPSA) is 44.1 Å². The monoisotopic (exact) mass is 362 g/mol. The lowest BCUT2D eigenvalue weighted by Gasteiger charge is -2.07. The molecule has 4 nitrogen and oxygen atoms in total. The van der Waals surface area contributed by atoms with E-state index in [1.165, 1.54) is 0 Å². The summed E-state index contributed by atoms with van der Waals surface area (Å²) in [5, 5.41) is 0.708. The first-order valence-electron chi connectivity index (χ1n) is 8.34. The van der Waals surface area contributed by atoms with Crippen LogP contribution >= 0.6 is 11.3 Å². The van der Waals surface area contributed by atoms with E-state index in [0.29, 0.717) is 11.9 Å². The van der Waals surface area contributed by atoms with Crippen molar-refractivity contribution < 1.29 is 4.74 Å². The Labute approximate surface area is 155 Å². The van der Waals surface area contributed by atoms with Crippen LogP contribution in [-0.2, 0) is 6.54 Å². The van der Waals surface area contributed by atoms with Gasteiger partial charge in [0, 0.05) is 4.88 Å². The molecule has 26 heavy (non-hydrogen) atoms. The number of aryl methyl sites for hydroxylation is 1. The molecule has 2 aromatic carbocycles. The molecule has 0 aliphatic rings. The fourth-order valence-electron chi connectivity index (χ4n) is 3.10. The second-order valence-electron chi connectivity index (χ2n) is 6.13. The molecular formula is C21H18N2O2S. The summed E-state index contributed by atoms with van der Waals surface area (Å²) in [4.78, 5) is 19.5. The molecule has 2 heterocycles. The molecule has 4 rings (SSSR count). The van der Waals surface area contributed by atoms with E-state index in [1.54, 1.807) is 29.3 Å². The maximum Gasteiger partial charge on any atom is 0.262 e. The number of methoxy groups -OCH3 is 1. The van der Waals surface area contributed by atoms with Crippen LogP contribution in [-0.4, -0.2) is 16.7 Å². The van der Waals surface area contributed by atoms with Gasteiger partial charge in [-0.2, -0.15) is 0 Å². The van der Waals surface area contributed by atoms with Crippen molar-refractivity contribution in [2.45, 2.75) is 13.5 Å². The van der Waals surface area contributed by atoms with Gasteiger partial charge in [0.1, 0.15) is 10.6 Å². The quantitative estimate of drug-likeness (QED) is 0.537. The third-order valence-electron chi connectivity index (χ3n) is 4.44. The van der Waals surface area contributed by atoms with E-state index >= 15 is 0 Å². The Bertz CT molecular complexity index is 1130. The molecule has 0 spiro atoms. The molecule has 0 N–H and O–H groups in total. The molecule has 0 fully saturated rings. The summed E-state index contributed by atoms with van der Waals surface area (Å²) in [6, 6.07) is 17.9. The van der Waals surface area contributed by atoms with Crippen LogP contribution in [0.4, 0.5) is 0 Å². The van der Waals surface area contributed by atoms with Crippen LogP contribution in [0, 0.1) is 6.92 Å². The molecule has 0 aliphatic carbocycles. The van der Waals surface area contributed by atoms with Gasteiger partial charge in [0.05, 0.1) is 25.4 Å². The number of thiophene rings is 1. The molecule has 0 saturated carbocycles. The standard InChI is InChI=1S/C21H18N2O2S/c1-14-18-20(26-19(14)16-8-4-3-5-9-16)22-13-23(21(18)24)12-15-7-6-10-17(11-15)25-2/h3-11,13H,12H2,1-2H3. The van der Waals surface area contributed by atoms with E-state index in [1.807, 2.05) is 49.4 Å². The Kier molecular flexibility index (Phi) is 4.31. The fourth-order valence-corrected chi connectivity index (χ4v) is 4.25. The minimum absolute atomic E-state index is 0.00579. The summed E-state index contributed by atoms with van der Waals surface area (Å²) in [5.41, 5.74) is 3.11. The lowest BCUT2D eigenvalue weighted by atomic mass is 10.1. The molecule has 2 aromatic heterocycles. The second kappa shape index (κ2) is 6.77. The number of nitrogens with zero attached hydrogens (tertiary/aromatic N) is 2. The highest BCUT2D eigenvalue weighted by molar-refractivity contribution is 7.22. The molecule has 130 valence electrons. The average molecular weight is 362 g/mol. The van der Waals surface area contributed by atoms with Gasteiger partial charge in [-0.25, -0.2) is 4.98 Å². The third kappa shape index (κ3) is 2.91. The Morgan fingerprint density at radius 1 is 1.12 bits per heavy atom. The molecule has 0 saturated heterocycles. The van der Waals surface area contributed by atoms with Crippen molar-refractivity contribution in [1.82, 2.24) is 9.55 Å². The second-order valence-corrected chi connectivity index (χ2v) is 7.13. The average Bonchev–Trinajstić information content (AvgIpc) is 3.02. The first kappa shape index (κ1) is 16.5. The molecule has 0 atom stereocenters. The van der Waals surface area contributed by atoms with Crippen LogP contribution < -0.4 is 10.3 Å². The van der Waals surface area contributed by atoms with Crippen molar-refractivity contribution in [3.8, 4) is 16.2 Å². The van der Waals surface area contributed by atoms with Crippen LogP contribution in [0.5, 0.6) is 5.75 Å². The zero-order valence-electron chi connectivity index (χ0n) is 14.6. The smallest absolute Gasteiger partial charge is 0.262 e. The first-order chi connectivity index (χ1) is 12.7. The van der Waals surface area contributed by atoms with E-state index in [9.17, 15) is 4.79 Å². The van der Waals surface area contributed by atoms with Gasteiger partial charge in [-0.05, 0) is 35.7 Å². The Morgan fingerprint density at radius 2 is 1.92 bits per heavy atom. The van der Waals surface area contributed by atoms with Crippen LogP contribution in [0.1, 0.15) is 11.1 Å². The molecule has 0 unspecified atom stereocenters. The zero-order valence-corrected chi connectivity index (χ0v) is 15.4. The number of hydrogen-bond acceptors (Lipinski definition) is 4. The normalized spacial score (nSPS) is 11.0. The van der Waals surface area contributed by atoms with Crippen LogP contribution in [0.3, 0.4) is 0 Å². The zero-order chi connectivity index (χ0) is 18.1. The van der Waals surface area contributed by atoms with E-state index in [4.69, 9.17) is 4.74 Å². The van der Waals surface area contributed by atoms with Crippen molar-refractivity contribution in [3.05, 3.63) is 82.4 Å². The number of benzene rings is 2. The number of fused-ring (bicyclic) bond motifs is 1. The summed E-state index contributed by atoms with van der Waals surface area (Å²) >= 11 is 1.57. The third-order valence-corrected chi connectivity index (χ3v) is 5.69. The number of aromatic nitrogens is 2. The minimum atomic E-state index is -0.00579. The van der Waals surface area contributed by atoms with Gasteiger partial charge >= 0.3 is 0 Å². The molecule has 0 bridgehead atoms. The van der Waals surface area contributed by atoms with Gasteiger partial charge in [0.2, 0.25) is 0 Å². The van der Waals surface area contributed by atoms with Crippen LogP contribution in [0.25, 0.3) is 20.7 Å². The summed E-state index contributed by atoms with van der Waals surface area (Å²) in [6.07, 6.45) is 1.63. The van der Waals surface area contributed by atoms with E-state index in [-0.39, 0.29) is 5.56 Å². The fraction of sp³-hybridized carbons (Fsp3) is 0.143. The summed E-state index contributed by atoms with van der Waals surface area (Å²) in [7, 11) is 1.64. The SMILES string of the molecule is COc1cccc(Cn2cnc3sc(-c4ccccc4)c(C)c3c2=O)c1. The van der Waals surface area contributed by atoms with Gasteiger partial charge in [-0.15, -0.1) is 11.3 Å². The molecule has 4 aromatic rings. The van der Waals surface area contributed by atoms with E-state index < -0.39 is 0 Å². The lowest BCUT2D eigenvalue weighted by Crippen LogP contribution is -2.21. The van der Waals surface area contributed by atoms with Crippen molar-refractivity contribution in [3.63, 3.8) is 0 Å². The largest absolute Gasteiger partial charge is 0.497 e. The first-order valence-corrected chi connectivity index (χ1v) is 9.16. The van der Waals surface area contributed by atoms with Gasteiger partial charge in [-0.1, -0.05) is 42.5 Å². The predicted molar refractivity (Wildman–Crippen MR) is 106 cm³/mol. The summed E-state index contributed by atoms with van der Waals surface area (Å²) in [5.74, 6) is 0.780. The maximum absolute atomic E-state index is 13.1. The van der Waals surface area contributed by atoms with Crippen LogP contribution in [0.15, 0.2) is 65.7 Å². The van der Waals surface area contributed by atoms with E-state index in [2.05, 4.69) is 17.1 Å². The van der Waals surface area contributed by atoms with Crippen LogP contribution in [0.2, 0.25) is 0 Å². The van der Waals surface area contributed by atoms with Crippen molar-refractivity contribution in [1.29, 1.82) is 0 Å². The lowest BCUT2D eigenvalue weighted by molar-refractivity contribution is 0.414. The summed E-state index contributed by atoms with van der Waals surface area (Å²) < 4.78 is 6.92. The highest BCUT2D eigenvalue weighted by Gasteiger charge is 2.15. The Morgan fingerprint density at radius 3 is 2.69 bits per heavy atom. The maximum atomic E-state index is 13.1. The Hall–Kier alpha value is -2.92. The number of ether oxygens (including phenoxy) is 1. The number of rotatable bonds is 4. The molecule has 0 amide bonds. The molecular weight excluding hydrogens is 344 g/mol. The number of hydrogen-bond donors (Lipinski definition) is 0. The van der Waals surface area contributed by atoms with Crippen molar-refractivity contribution in [2.75, 3.05) is 7.11 Å². The highest BCUT2D eigenvalue weighted by atomic mass is 32.1. The Balaban J connectivity index is 1.80. The van der Waals surface area contributed by atoms with Gasteiger partial charge in [0.15, 0.2) is 0 Å². The molecule has 5 heteroatoms. The highest BCUT2D eigenvalue weighted by Crippen LogP contribution is 2.35. The molecule has 0 radical (unpaired) electrons. The minimum Gasteiger partial charge on any atom is -0.497 e. The van der Waals surface area contributed by atoms with Gasteiger partial charge < -0.3 is 4.74 Å². The van der Waals surface area contributed by atoms with Gasteiger partial charge in [-0.3, -0.25) is 9.36 Å².